The number of carbonyl (C=O) groups excluding carboxylic acids is 1. The lowest BCUT2D eigenvalue weighted by atomic mass is 10.2. The molecule has 0 saturated heterocycles. The van der Waals surface area contributed by atoms with Gasteiger partial charge in [0.2, 0.25) is 11.4 Å². The molecule has 9 nitrogen and oxygen atoms in total. The molecule has 1 aromatic heterocycles. The Bertz CT molecular complexity index is 904. The number of aromatic nitrogens is 2. The van der Waals surface area contributed by atoms with Crippen molar-refractivity contribution in [2.45, 2.75) is 13.5 Å². The predicted molar refractivity (Wildman–Crippen MR) is 86.5 cm³/mol. The first-order valence-electron chi connectivity index (χ1n) is 7.04. The Labute approximate surface area is 135 Å². The van der Waals surface area contributed by atoms with Crippen LogP contribution in [0.2, 0.25) is 0 Å². The molecule has 0 spiro atoms. The fourth-order valence-corrected chi connectivity index (χ4v) is 2.25. The van der Waals surface area contributed by atoms with Crippen LogP contribution in [0.25, 0.3) is 11.0 Å². The number of nitrogens with one attached hydrogen (secondary N) is 2. The first kappa shape index (κ1) is 15.4. The van der Waals surface area contributed by atoms with Crippen LogP contribution in [-0.4, -0.2) is 21.1 Å². The summed E-state index contributed by atoms with van der Waals surface area (Å²) in [7, 11) is 0. The van der Waals surface area contributed by atoms with Gasteiger partial charge < -0.3 is 10.6 Å². The zero-order valence-corrected chi connectivity index (χ0v) is 12.6. The van der Waals surface area contributed by atoms with E-state index in [2.05, 4.69) is 25.6 Å². The van der Waals surface area contributed by atoms with Crippen LogP contribution < -0.4 is 10.6 Å². The van der Waals surface area contributed by atoms with Gasteiger partial charge in [0.15, 0.2) is 5.52 Å². The van der Waals surface area contributed by atoms with Crippen LogP contribution in [0.1, 0.15) is 12.5 Å². The quantitative estimate of drug-likeness (QED) is 0.545. The van der Waals surface area contributed by atoms with Gasteiger partial charge in [0.05, 0.1) is 10.6 Å². The van der Waals surface area contributed by atoms with Crippen molar-refractivity contribution in [1.29, 1.82) is 0 Å². The standard InChI is InChI=1S/C15H13N5O4/c1-9(21)17-11-4-2-10(3-5-11)8-16-12-6-7-13(20(22)23)15-14(12)18-24-19-15/h2-7,16H,8H2,1H3,(H,17,21). The van der Waals surface area contributed by atoms with Crippen LogP contribution >= 0.6 is 0 Å². The van der Waals surface area contributed by atoms with E-state index in [9.17, 15) is 14.9 Å². The first-order valence-corrected chi connectivity index (χ1v) is 7.04. The van der Waals surface area contributed by atoms with Crippen molar-refractivity contribution in [2.24, 2.45) is 0 Å². The molecule has 1 heterocycles. The summed E-state index contributed by atoms with van der Waals surface area (Å²) < 4.78 is 4.62. The molecule has 24 heavy (non-hydrogen) atoms. The van der Waals surface area contributed by atoms with Crippen LogP contribution in [0.15, 0.2) is 41.0 Å². The summed E-state index contributed by atoms with van der Waals surface area (Å²) in [6, 6.07) is 10.2. The van der Waals surface area contributed by atoms with Crippen molar-refractivity contribution in [1.82, 2.24) is 10.3 Å². The van der Waals surface area contributed by atoms with Crippen LogP contribution in [0.3, 0.4) is 0 Å². The Hall–Kier alpha value is -3.49. The second-order valence-corrected chi connectivity index (χ2v) is 5.08. The van der Waals surface area contributed by atoms with Crippen molar-refractivity contribution in [3.63, 3.8) is 0 Å². The highest BCUT2D eigenvalue weighted by atomic mass is 16.6. The Balaban J connectivity index is 1.76. The minimum Gasteiger partial charge on any atom is -0.379 e. The van der Waals surface area contributed by atoms with E-state index < -0.39 is 4.92 Å². The summed E-state index contributed by atoms with van der Waals surface area (Å²) >= 11 is 0. The van der Waals surface area contributed by atoms with E-state index in [-0.39, 0.29) is 17.1 Å². The van der Waals surface area contributed by atoms with Crippen molar-refractivity contribution < 1.29 is 14.3 Å². The second kappa shape index (κ2) is 6.32. The number of nitrogens with zero attached hydrogens (tertiary/aromatic N) is 3. The molecule has 0 fully saturated rings. The highest BCUT2D eigenvalue weighted by Gasteiger charge is 2.19. The molecule has 0 aliphatic heterocycles. The minimum atomic E-state index is -0.531. The molecule has 1 amide bonds. The van der Waals surface area contributed by atoms with Gasteiger partial charge in [-0.05, 0) is 34.1 Å². The molecular formula is C15H13N5O4. The van der Waals surface area contributed by atoms with Gasteiger partial charge in [-0.25, -0.2) is 4.63 Å². The van der Waals surface area contributed by atoms with Gasteiger partial charge in [-0.3, -0.25) is 14.9 Å². The number of nitro groups is 1. The van der Waals surface area contributed by atoms with Crippen LogP contribution in [0.5, 0.6) is 0 Å². The Morgan fingerprint density at radius 1 is 1.17 bits per heavy atom. The third-order valence-electron chi connectivity index (χ3n) is 3.35. The Kier molecular flexibility index (Phi) is 4.06. The van der Waals surface area contributed by atoms with Crippen molar-refractivity contribution >= 4 is 34.0 Å². The Morgan fingerprint density at radius 2 is 1.88 bits per heavy atom. The number of carbonyl (C=O) groups is 1. The summed E-state index contributed by atoms with van der Waals surface area (Å²) in [5, 5.41) is 24.1. The van der Waals surface area contributed by atoms with Gasteiger partial charge in [-0.15, -0.1) is 0 Å². The topological polar surface area (TPSA) is 123 Å². The summed E-state index contributed by atoms with van der Waals surface area (Å²) in [5.41, 5.74) is 2.51. The molecule has 122 valence electrons. The highest BCUT2D eigenvalue weighted by molar-refractivity contribution is 5.93. The molecule has 0 aliphatic rings. The van der Waals surface area contributed by atoms with Gasteiger partial charge in [0, 0.05) is 25.2 Å². The maximum Gasteiger partial charge on any atom is 0.300 e. The SMILES string of the molecule is CC(=O)Nc1ccc(CNc2ccc([N+](=O)[O-])c3nonc23)cc1. The normalized spacial score (nSPS) is 10.5. The van der Waals surface area contributed by atoms with E-state index in [0.29, 0.717) is 23.4 Å². The number of non-ortho nitro benzene ring substituents is 1. The molecule has 0 bridgehead atoms. The molecule has 2 N–H and O–H groups in total. The van der Waals surface area contributed by atoms with E-state index in [1.165, 1.54) is 13.0 Å². The van der Waals surface area contributed by atoms with Crippen molar-refractivity contribution in [3.8, 4) is 0 Å². The maximum atomic E-state index is 11.0. The zero-order valence-electron chi connectivity index (χ0n) is 12.6. The monoisotopic (exact) mass is 327 g/mol. The van der Waals surface area contributed by atoms with Crippen molar-refractivity contribution in [3.05, 3.63) is 52.1 Å². The summed E-state index contributed by atoms with van der Waals surface area (Å²) in [4.78, 5) is 21.4. The number of nitro benzene ring substituents is 1. The van der Waals surface area contributed by atoms with Gasteiger partial charge >= 0.3 is 5.69 Å². The molecule has 0 atom stereocenters. The molecule has 0 aliphatic carbocycles. The summed E-state index contributed by atoms with van der Waals surface area (Å²) in [6.45, 7) is 1.92. The largest absolute Gasteiger partial charge is 0.379 e. The van der Waals surface area contributed by atoms with Crippen LogP contribution in [0.4, 0.5) is 17.1 Å². The third kappa shape index (κ3) is 3.14. The van der Waals surface area contributed by atoms with Crippen LogP contribution in [-0.2, 0) is 11.3 Å². The highest BCUT2D eigenvalue weighted by Crippen LogP contribution is 2.28. The van der Waals surface area contributed by atoms with E-state index in [0.717, 1.165) is 5.56 Å². The molecule has 9 heteroatoms. The predicted octanol–water partition coefficient (Wildman–Crippen LogP) is 2.70. The number of anilines is 2. The number of amides is 1. The summed E-state index contributed by atoms with van der Waals surface area (Å²) in [5.74, 6) is -0.132. The van der Waals surface area contributed by atoms with E-state index in [4.69, 9.17) is 0 Å². The smallest absolute Gasteiger partial charge is 0.300 e. The molecular weight excluding hydrogens is 314 g/mol. The maximum absolute atomic E-state index is 11.0. The van der Waals surface area contributed by atoms with E-state index in [1.807, 2.05) is 12.1 Å². The average molecular weight is 327 g/mol. The van der Waals surface area contributed by atoms with E-state index >= 15 is 0 Å². The number of hydrogen-bond donors (Lipinski definition) is 2. The molecule has 2 aromatic carbocycles. The van der Waals surface area contributed by atoms with Crippen molar-refractivity contribution in [2.75, 3.05) is 10.6 Å². The number of rotatable bonds is 5. The molecule has 3 rings (SSSR count). The summed E-state index contributed by atoms with van der Waals surface area (Å²) in [6.07, 6.45) is 0. The molecule has 0 radical (unpaired) electrons. The van der Waals surface area contributed by atoms with Gasteiger partial charge in [0.1, 0.15) is 0 Å². The van der Waals surface area contributed by atoms with E-state index in [1.54, 1.807) is 18.2 Å². The van der Waals surface area contributed by atoms with Crippen LogP contribution in [0, 0.1) is 10.1 Å². The molecule has 0 saturated carbocycles. The number of benzene rings is 2. The number of hydrogen-bond acceptors (Lipinski definition) is 7. The van der Waals surface area contributed by atoms with Gasteiger partial charge in [0.25, 0.3) is 0 Å². The molecule has 0 unspecified atom stereocenters. The second-order valence-electron chi connectivity index (χ2n) is 5.08. The average Bonchev–Trinajstić information content (AvgIpc) is 3.03. The lowest BCUT2D eigenvalue weighted by Gasteiger charge is -2.08. The lowest BCUT2D eigenvalue weighted by molar-refractivity contribution is -0.383. The third-order valence-corrected chi connectivity index (χ3v) is 3.35. The fraction of sp³-hybridized carbons (Fsp3) is 0.133. The van der Waals surface area contributed by atoms with Gasteiger partial charge in [-0.1, -0.05) is 12.1 Å². The van der Waals surface area contributed by atoms with Gasteiger partial charge in [-0.2, -0.15) is 0 Å². The molecule has 3 aromatic rings. The number of fused-ring (bicyclic) bond motifs is 1. The first-order chi connectivity index (χ1) is 11.5. The zero-order chi connectivity index (χ0) is 17.1. The Morgan fingerprint density at radius 3 is 2.54 bits per heavy atom. The minimum absolute atomic E-state index is 0.103. The lowest BCUT2D eigenvalue weighted by Crippen LogP contribution is -2.06. The fourth-order valence-electron chi connectivity index (χ4n) is 2.25.